The minimum Gasteiger partial charge on any atom is -0.458 e. The lowest BCUT2D eigenvalue weighted by Gasteiger charge is -2.64. The van der Waals surface area contributed by atoms with Crippen molar-refractivity contribution in [3.05, 3.63) is 23.8 Å². The van der Waals surface area contributed by atoms with E-state index in [1.807, 2.05) is 33.8 Å². The number of carbonyl (C=O) groups is 4. The van der Waals surface area contributed by atoms with Gasteiger partial charge >= 0.3 is 11.9 Å². The van der Waals surface area contributed by atoms with E-state index in [1.54, 1.807) is 6.08 Å². The van der Waals surface area contributed by atoms with Crippen LogP contribution in [0.25, 0.3) is 0 Å². The number of halogens is 1. The van der Waals surface area contributed by atoms with Crippen LogP contribution in [0.15, 0.2) is 23.8 Å². The Hall–Kier alpha value is -1.99. The van der Waals surface area contributed by atoms with Crippen LogP contribution in [0.5, 0.6) is 0 Å². The molecule has 8 unspecified atom stereocenters. The number of hydrogen-bond donors (Lipinski definition) is 1. The molecular weight excluding hydrogens is 484 g/mol. The van der Waals surface area contributed by atoms with Crippen molar-refractivity contribution in [1.29, 1.82) is 0 Å². The monoisotopic (exact) mass is 520 g/mol. The predicted octanol–water partition coefficient (Wildman–Crippen LogP) is 4.09. The highest BCUT2D eigenvalue weighted by molar-refractivity contribution is 6.26. The molecule has 8 heteroatoms. The van der Waals surface area contributed by atoms with Gasteiger partial charge in [-0.15, -0.1) is 11.6 Å². The highest BCUT2D eigenvalue weighted by Gasteiger charge is 2.76. The van der Waals surface area contributed by atoms with Gasteiger partial charge in [-0.2, -0.15) is 0 Å². The third-order valence-corrected chi connectivity index (χ3v) is 10.7. The molecule has 0 spiro atoms. The second-order valence-corrected chi connectivity index (χ2v) is 12.2. The van der Waals surface area contributed by atoms with Crippen molar-refractivity contribution in [3.8, 4) is 0 Å². The van der Waals surface area contributed by atoms with Crippen LogP contribution in [-0.2, 0) is 28.7 Å². The van der Waals surface area contributed by atoms with Crippen molar-refractivity contribution in [2.45, 2.75) is 89.7 Å². The summed E-state index contributed by atoms with van der Waals surface area (Å²) in [6.07, 6.45) is 6.69. The summed E-state index contributed by atoms with van der Waals surface area (Å²) in [4.78, 5) is 49.3. The zero-order valence-corrected chi connectivity index (χ0v) is 22.5. The highest BCUT2D eigenvalue weighted by atomic mass is 35.5. The fourth-order valence-corrected chi connectivity index (χ4v) is 8.63. The molecule has 0 bridgehead atoms. The lowest BCUT2D eigenvalue weighted by Crippen LogP contribution is -2.69. The van der Waals surface area contributed by atoms with Crippen LogP contribution in [0.4, 0.5) is 0 Å². The van der Waals surface area contributed by atoms with Crippen LogP contribution < -0.4 is 0 Å². The van der Waals surface area contributed by atoms with E-state index in [1.165, 1.54) is 13.0 Å². The molecule has 8 atom stereocenters. The Morgan fingerprint density at radius 2 is 1.92 bits per heavy atom. The Balaban J connectivity index is 1.81. The Morgan fingerprint density at radius 3 is 2.56 bits per heavy atom. The minimum absolute atomic E-state index is 0.0799. The molecule has 3 saturated carbocycles. The van der Waals surface area contributed by atoms with Gasteiger partial charge in [-0.25, -0.2) is 0 Å². The van der Waals surface area contributed by atoms with E-state index >= 15 is 0 Å². The molecule has 0 aromatic rings. The van der Waals surface area contributed by atoms with Crippen molar-refractivity contribution in [2.24, 2.45) is 28.6 Å². The summed E-state index contributed by atoms with van der Waals surface area (Å²) in [7, 11) is 0. The summed E-state index contributed by atoms with van der Waals surface area (Å²) < 4.78 is 11.2. The van der Waals surface area contributed by atoms with Gasteiger partial charge in [0.1, 0.15) is 0 Å². The van der Waals surface area contributed by atoms with Gasteiger partial charge in [0.05, 0.1) is 11.0 Å². The van der Waals surface area contributed by atoms with E-state index in [-0.39, 0.29) is 36.4 Å². The summed E-state index contributed by atoms with van der Waals surface area (Å²) in [5, 5.41) is 11.8. The Morgan fingerprint density at radius 1 is 1.22 bits per heavy atom. The quantitative estimate of drug-likeness (QED) is 0.415. The summed E-state index contributed by atoms with van der Waals surface area (Å²) in [6.45, 7) is 8.38. The number of ether oxygens (including phenoxy) is 2. The zero-order chi connectivity index (χ0) is 26.7. The normalized spacial score (nSPS) is 43.1. The molecule has 0 aromatic heterocycles. The number of alkyl halides is 1. The number of hydrogen-bond acceptors (Lipinski definition) is 7. The number of ketones is 2. The first-order valence-corrected chi connectivity index (χ1v) is 13.4. The van der Waals surface area contributed by atoms with E-state index in [0.717, 1.165) is 5.57 Å². The smallest absolute Gasteiger partial charge is 0.306 e. The van der Waals surface area contributed by atoms with Gasteiger partial charge in [-0.1, -0.05) is 39.3 Å². The van der Waals surface area contributed by atoms with Crippen molar-refractivity contribution < 1.29 is 33.8 Å². The summed E-state index contributed by atoms with van der Waals surface area (Å²) in [6, 6.07) is 0. The van der Waals surface area contributed by atoms with Crippen molar-refractivity contribution in [2.75, 3.05) is 6.61 Å². The Bertz CT molecular complexity index is 1050. The number of rotatable bonds is 6. The van der Waals surface area contributed by atoms with Crippen LogP contribution >= 0.6 is 11.6 Å². The van der Waals surface area contributed by atoms with Gasteiger partial charge in [0.2, 0.25) is 5.78 Å². The van der Waals surface area contributed by atoms with E-state index < -0.39 is 51.7 Å². The molecule has 0 saturated heterocycles. The van der Waals surface area contributed by atoms with Crippen LogP contribution in [0.3, 0.4) is 0 Å². The molecule has 0 aliphatic heterocycles. The second-order valence-electron chi connectivity index (χ2n) is 11.6. The molecule has 4 rings (SSSR count). The highest BCUT2D eigenvalue weighted by Crippen LogP contribution is 2.72. The van der Waals surface area contributed by atoms with E-state index in [9.17, 15) is 24.3 Å². The second kappa shape index (κ2) is 9.09. The summed E-state index contributed by atoms with van der Waals surface area (Å²) >= 11 is 7.48. The lowest BCUT2D eigenvalue weighted by molar-refractivity contribution is -0.203. The Kier molecular flexibility index (Phi) is 6.83. The molecular formula is C28H37ClO7. The number of carbonyl (C=O) groups excluding carboxylic acids is 4. The van der Waals surface area contributed by atoms with Gasteiger partial charge < -0.3 is 14.6 Å². The molecule has 0 heterocycles. The largest absolute Gasteiger partial charge is 0.458 e. The molecule has 0 aromatic carbocycles. The predicted molar refractivity (Wildman–Crippen MR) is 133 cm³/mol. The van der Waals surface area contributed by atoms with Crippen LogP contribution in [0.1, 0.15) is 73.1 Å². The standard InChI is InChI=1S/C28H37ClO7/c1-6-7-24(34)36-28(23(33)15-35-17(3)30)16(2)12-21-20-9-8-18-13-19(31)10-11-25(18,4)27(20,29)22(32)14-26(21,28)5/h10-11,13,16,20-22,32H,6-9,12,14-15H2,1-5H3. The number of esters is 2. The lowest BCUT2D eigenvalue weighted by atomic mass is 9.45. The third-order valence-electron chi connectivity index (χ3n) is 9.73. The molecule has 36 heavy (non-hydrogen) atoms. The number of aliphatic hydroxyl groups excluding tert-OH is 1. The number of Topliss-reactive ketones (excluding diaryl/α,β-unsaturated/α-hetero) is 1. The van der Waals surface area contributed by atoms with E-state index in [4.69, 9.17) is 21.1 Å². The first-order valence-electron chi connectivity index (χ1n) is 13.0. The molecule has 3 fully saturated rings. The number of allylic oxidation sites excluding steroid dienone is 4. The SMILES string of the molecule is CCCC(=O)OC1(C(=O)COC(C)=O)C(C)CC2C3CCC4=CC(=O)C=CC4(C)C3(Cl)C(O)CC21C. The van der Waals surface area contributed by atoms with E-state index in [2.05, 4.69) is 0 Å². The maximum absolute atomic E-state index is 13.8. The van der Waals surface area contributed by atoms with Gasteiger partial charge in [0.15, 0.2) is 18.0 Å². The fraction of sp³-hybridized carbons (Fsp3) is 0.714. The van der Waals surface area contributed by atoms with Crippen LogP contribution in [0.2, 0.25) is 0 Å². The van der Waals surface area contributed by atoms with Gasteiger partial charge in [-0.05, 0) is 56.1 Å². The average molecular weight is 521 g/mol. The molecule has 1 N–H and O–H groups in total. The van der Waals surface area contributed by atoms with Gasteiger partial charge in [0, 0.05) is 30.1 Å². The molecule has 4 aliphatic rings. The first kappa shape index (κ1) is 27.1. The molecule has 7 nitrogen and oxygen atoms in total. The zero-order valence-electron chi connectivity index (χ0n) is 21.8. The Labute approximate surface area is 217 Å². The average Bonchev–Trinajstić information content (AvgIpc) is 3.01. The molecule has 0 amide bonds. The summed E-state index contributed by atoms with van der Waals surface area (Å²) in [5.74, 6) is -2.29. The molecule has 4 aliphatic carbocycles. The first-order chi connectivity index (χ1) is 16.8. The van der Waals surface area contributed by atoms with Crippen molar-refractivity contribution in [3.63, 3.8) is 0 Å². The molecule has 0 radical (unpaired) electrons. The number of aliphatic hydroxyl groups is 1. The van der Waals surface area contributed by atoms with Crippen molar-refractivity contribution >= 4 is 35.1 Å². The molecule has 198 valence electrons. The summed E-state index contributed by atoms with van der Waals surface area (Å²) in [5.41, 5.74) is -2.27. The van der Waals surface area contributed by atoms with Gasteiger partial charge in [-0.3, -0.25) is 19.2 Å². The van der Waals surface area contributed by atoms with E-state index in [0.29, 0.717) is 25.7 Å². The van der Waals surface area contributed by atoms with Gasteiger partial charge in [0.25, 0.3) is 0 Å². The van der Waals surface area contributed by atoms with Crippen molar-refractivity contribution in [1.82, 2.24) is 0 Å². The maximum atomic E-state index is 13.8. The number of fused-ring (bicyclic) bond motifs is 5. The topological polar surface area (TPSA) is 107 Å². The fourth-order valence-electron chi connectivity index (χ4n) is 8.11. The van der Waals surface area contributed by atoms with Crippen LogP contribution in [-0.4, -0.2) is 51.8 Å². The maximum Gasteiger partial charge on any atom is 0.306 e. The van der Waals surface area contributed by atoms with Crippen LogP contribution in [0, 0.1) is 28.6 Å². The third kappa shape index (κ3) is 3.56. The minimum atomic E-state index is -1.55.